The first-order chi connectivity index (χ1) is 13.1. The summed E-state index contributed by atoms with van der Waals surface area (Å²) in [6.45, 7) is 4.61. The van der Waals surface area contributed by atoms with Crippen molar-refractivity contribution in [3.05, 3.63) is 41.1 Å². The molecule has 0 bridgehead atoms. The Kier molecular flexibility index (Phi) is 6.39. The number of nitrogens with zero attached hydrogens (tertiary/aromatic N) is 2. The molecule has 1 aromatic carbocycles. The van der Waals surface area contributed by atoms with E-state index in [4.69, 9.17) is 4.74 Å². The molecule has 8 heteroatoms. The fourth-order valence-corrected chi connectivity index (χ4v) is 3.76. The molecule has 0 atom stereocenters. The highest BCUT2D eigenvalue weighted by molar-refractivity contribution is 7.98. The zero-order valence-corrected chi connectivity index (χ0v) is 16.4. The molecule has 2 aromatic rings. The summed E-state index contributed by atoms with van der Waals surface area (Å²) < 4.78 is 7.12. The number of carbonyl (C=O) groups is 2. The molecule has 0 spiro atoms. The first-order valence-corrected chi connectivity index (χ1v) is 10.1. The first kappa shape index (κ1) is 19.3. The lowest BCUT2D eigenvalue weighted by molar-refractivity contribution is -0.122. The monoisotopic (exact) mass is 388 g/mol. The van der Waals surface area contributed by atoms with Crippen LogP contribution in [-0.2, 0) is 27.6 Å². The maximum Gasteiger partial charge on any atom is 0.263 e. The molecule has 144 valence electrons. The highest BCUT2D eigenvalue weighted by Gasteiger charge is 2.25. The lowest BCUT2D eigenvalue weighted by Crippen LogP contribution is -2.30. The standard InChI is InChI=1S/C19H24N4O3S/c1-3-8-20-17(24)9-23-19(15-11-27-12-16(15)22-23)21-18(25)10-26-14-6-4-13(2)5-7-14/h4-7H,3,8-12H2,1-2H3,(H,20,24)(H,21,25). The van der Waals surface area contributed by atoms with Crippen LogP contribution in [0.15, 0.2) is 24.3 Å². The van der Waals surface area contributed by atoms with E-state index in [2.05, 4.69) is 15.7 Å². The van der Waals surface area contributed by atoms with Crippen LogP contribution in [0.2, 0.25) is 0 Å². The molecule has 3 rings (SSSR count). The molecule has 0 saturated carbocycles. The lowest BCUT2D eigenvalue weighted by atomic mass is 10.2. The Morgan fingerprint density at radius 1 is 1.22 bits per heavy atom. The largest absolute Gasteiger partial charge is 0.484 e. The zero-order valence-electron chi connectivity index (χ0n) is 15.6. The van der Waals surface area contributed by atoms with Crippen molar-refractivity contribution in [1.29, 1.82) is 0 Å². The number of aromatic nitrogens is 2. The van der Waals surface area contributed by atoms with E-state index in [-0.39, 0.29) is 25.0 Å². The van der Waals surface area contributed by atoms with Crippen molar-refractivity contribution in [2.75, 3.05) is 18.5 Å². The van der Waals surface area contributed by atoms with E-state index in [9.17, 15) is 9.59 Å². The lowest BCUT2D eigenvalue weighted by Gasteiger charge is -2.12. The van der Waals surface area contributed by atoms with E-state index in [1.807, 2.05) is 38.1 Å². The van der Waals surface area contributed by atoms with Gasteiger partial charge in [-0.1, -0.05) is 24.6 Å². The minimum atomic E-state index is -0.273. The Hall–Kier alpha value is -2.48. The van der Waals surface area contributed by atoms with Crippen molar-refractivity contribution in [2.45, 2.75) is 38.3 Å². The number of fused-ring (bicyclic) bond motifs is 1. The van der Waals surface area contributed by atoms with Crippen molar-refractivity contribution >= 4 is 29.4 Å². The van der Waals surface area contributed by atoms with Gasteiger partial charge in [-0.25, -0.2) is 4.68 Å². The second kappa shape index (κ2) is 8.94. The highest BCUT2D eigenvalue weighted by atomic mass is 32.2. The summed E-state index contributed by atoms with van der Waals surface area (Å²) >= 11 is 1.74. The van der Waals surface area contributed by atoms with Crippen LogP contribution in [0.3, 0.4) is 0 Å². The fourth-order valence-electron chi connectivity index (χ4n) is 2.73. The van der Waals surface area contributed by atoms with Crippen LogP contribution in [0.5, 0.6) is 5.75 Å². The molecule has 7 nitrogen and oxygen atoms in total. The van der Waals surface area contributed by atoms with Gasteiger partial charge in [0.1, 0.15) is 18.1 Å². The molecule has 2 heterocycles. The van der Waals surface area contributed by atoms with Gasteiger partial charge in [0, 0.05) is 23.6 Å². The van der Waals surface area contributed by atoms with Crippen LogP contribution in [0.4, 0.5) is 5.82 Å². The van der Waals surface area contributed by atoms with Crippen LogP contribution < -0.4 is 15.4 Å². The molecule has 1 aliphatic rings. The van der Waals surface area contributed by atoms with Gasteiger partial charge in [-0.15, -0.1) is 0 Å². The average Bonchev–Trinajstić information content (AvgIpc) is 3.22. The summed E-state index contributed by atoms with van der Waals surface area (Å²) in [5.74, 6) is 2.42. The summed E-state index contributed by atoms with van der Waals surface area (Å²) in [4.78, 5) is 24.4. The number of benzene rings is 1. The fraction of sp³-hybridized carbons (Fsp3) is 0.421. The smallest absolute Gasteiger partial charge is 0.263 e. The van der Waals surface area contributed by atoms with E-state index in [0.717, 1.165) is 34.7 Å². The van der Waals surface area contributed by atoms with Gasteiger partial charge in [0.25, 0.3) is 5.91 Å². The number of thioether (sulfide) groups is 1. The Labute approximate surface area is 162 Å². The van der Waals surface area contributed by atoms with Gasteiger partial charge >= 0.3 is 0 Å². The molecule has 27 heavy (non-hydrogen) atoms. The normalized spacial score (nSPS) is 12.5. The summed E-state index contributed by atoms with van der Waals surface area (Å²) in [7, 11) is 0. The van der Waals surface area contributed by atoms with Crippen molar-refractivity contribution in [2.24, 2.45) is 0 Å². The van der Waals surface area contributed by atoms with Gasteiger partial charge in [-0.2, -0.15) is 16.9 Å². The maximum atomic E-state index is 12.4. The number of hydrogen-bond donors (Lipinski definition) is 2. The molecule has 1 aromatic heterocycles. The van der Waals surface area contributed by atoms with Crippen LogP contribution in [0, 0.1) is 6.92 Å². The third-order valence-corrected chi connectivity index (χ3v) is 5.10. The number of nitrogens with one attached hydrogen (secondary N) is 2. The molecule has 0 saturated heterocycles. The summed E-state index contributed by atoms with van der Waals surface area (Å²) in [5, 5.41) is 10.2. The van der Waals surface area contributed by atoms with Crippen LogP contribution in [-0.4, -0.2) is 34.7 Å². The van der Waals surface area contributed by atoms with Gasteiger partial charge in [0.2, 0.25) is 5.91 Å². The molecule has 0 unspecified atom stereocenters. The SMILES string of the molecule is CCCNC(=O)Cn1nc2c(c1NC(=O)COc1ccc(C)cc1)CSC2. The van der Waals surface area contributed by atoms with Crippen molar-refractivity contribution in [1.82, 2.24) is 15.1 Å². The predicted molar refractivity (Wildman–Crippen MR) is 106 cm³/mol. The molecule has 2 N–H and O–H groups in total. The third kappa shape index (κ3) is 5.03. The van der Waals surface area contributed by atoms with Gasteiger partial charge in [-0.3, -0.25) is 9.59 Å². The van der Waals surface area contributed by atoms with E-state index in [1.54, 1.807) is 16.4 Å². The van der Waals surface area contributed by atoms with E-state index in [1.165, 1.54) is 0 Å². The van der Waals surface area contributed by atoms with Crippen LogP contribution in [0.1, 0.15) is 30.2 Å². The maximum absolute atomic E-state index is 12.4. The van der Waals surface area contributed by atoms with Gasteiger partial charge in [-0.05, 0) is 25.5 Å². The topological polar surface area (TPSA) is 85.3 Å². The number of anilines is 1. The molecule has 0 aliphatic carbocycles. The predicted octanol–water partition coefficient (Wildman–Crippen LogP) is 2.48. The Morgan fingerprint density at radius 2 is 2.00 bits per heavy atom. The Morgan fingerprint density at radius 3 is 2.74 bits per heavy atom. The van der Waals surface area contributed by atoms with Crippen LogP contribution >= 0.6 is 11.8 Å². The third-order valence-electron chi connectivity index (χ3n) is 4.13. The highest BCUT2D eigenvalue weighted by Crippen LogP contribution is 2.34. The van der Waals surface area contributed by atoms with Crippen molar-refractivity contribution in [3.63, 3.8) is 0 Å². The molecule has 0 radical (unpaired) electrons. The number of rotatable bonds is 8. The number of aryl methyl sites for hydroxylation is 1. The average molecular weight is 388 g/mol. The summed E-state index contributed by atoms with van der Waals surface area (Å²) in [6, 6.07) is 7.53. The summed E-state index contributed by atoms with van der Waals surface area (Å²) in [5.41, 5.74) is 3.05. The number of ether oxygens (including phenoxy) is 1. The molecule has 0 fully saturated rings. The van der Waals surface area contributed by atoms with E-state index < -0.39 is 0 Å². The molecule has 1 aliphatic heterocycles. The Balaban J connectivity index is 1.64. The minimum absolute atomic E-state index is 0.0894. The molecule has 2 amide bonds. The summed E-state index contributed by atoms with van der Waals surface area (Å²) in [6.07, 6.45) is 0.873. The molecular weight excluding hydrogens is 364 g/mol. The number of hydrogen-bond acceptors (Lipinski definition) is 5. The number of carbonyl (C=O) groups excluding carboxylic acids is 2. The molecular formula is C19H24N4O3S. The first-order valence-electron chi connectivity index (χ1n) is 8.99. The van der Waals surface area contributed by atoms with E-state index >= 15 is 0 Å². The van der Waals surface area contributed by atoms with E-state index in [0.29, 0.717) is 18.1 Å². The van der Waals surface area contributed by atoms with Gasteiger partial charge < -0.3 is 15.4 Å². The van der Waals surface area contributed by atoms with Crippen molar-refractivity contribution < 1.29 is 14.3 Å². The van der Waals surface area contributed by atoms with Gasteiger partial charge in [0.15, 0.2) is 6.61 Å². The second-order valence-corrected chi connectivity index (χ2v) is 7.41. The quantitative estimate of drug-likeness (QED) is 0.726. The number of amides is 2. The van der Waals surface area contributed by atoms with Crippen molar-refractivity contribution in [3.8, 4) is 5.75 Å². The van der Waals surface area contributed by atoms with Crippen LogP contribution in [0.25, 0.3) is 0 Å². The Bertz CT molecular complexity index is 817. The minimum Gasteiger partial charge on any atom is -0.484 e. The zero-order chi connectivity index (χ0) is 19.2. The van der Waals surface area contributed by atoms with Gasteiger partial charge in [0.05, 0.1) is 5.69 Å². The second-order valence-electron chi connectivity index (χ2n) is 6.42.